The van der Waals surface area contributed by atoms with Crippen molar-refractivity contribution in [2.45, 2.75) is 83.0 Å². The van der Waals surface area contributed by atoms with Crippen LogP contribution in [0.1, 0.15) is 19.8 Å². The molecule has 9 heteroatoms. The number of aliphatic carboxylic acids is 1. The molecule has 0 bridgehead atoms. The molecule has 162 valence electrons. The van der Waals surface area contributed by atoms with E-state index in [2.05, 4.69) is 59.3 Å². The lowest BCUT2D eigenvalue weighted by Gasteiger charge is -2.44. The summed E-state index contributed by atoms with van der Waals surface area (Å²) < 4.78 is 12.6. The molecule has 3 N–H and O–H groups in total. The minimum atomic E-state index is -1.82. The predicted molar refractivity (Wildman–Crippen MR) is 120 cm³/mol. The van der Waals surface area contributed by atoms with Crippen LogP contribution >= 0.6 is 0 Å². The van der Waals surface area contributed by atoms with Crippen molar-refractivity contribution in [3.05, 3.63) is 12.7 Å². The first kappa shape index (κ1) is 28.9. The monoisotopic (exact) mass is 438 g/mol. The van der Waals surface area contributed by atoms with Gasteiger partial charge in [0.15, 0.2) is 17.4 Å². The van der Waals surface area contributed by atoms with Crippen LogP contribution in [0.5, 0.6) is 0 Å². The van der Waals surface area contributed by atoms with Crippen LogP contribution in [-0.4, -0.2) is 71.3 Å². The Balaban J connectivity index is 0. The second kappa shape index (κ2) is 13.0. The Hall–Kier alpha value is -0.299. The van der Waals surface area contributed by atoms with Gasteiger partial charge in [0.2, 0.25) is 0 Å². The molecule has 0 heterocycles. The van der Waals surface area contributed by atoms with Crippen molar-refractivity contribution in [1.29, 1.82) is 0 Å². The standard InChI is InChI=1S/C15H38O4Si3.C3H4O2/c1-9-11-18-15(14(17)13-16,10-12-21(3,4)5)20(2)19-22(6,7)8;1-2-3(4)5/h14,16-17,20H,9-13H2,1-8H3;2H,1H2,(H,4,5). The molecule has 3 atom stereocenters. The second-order valence-corrected chi connectivity index (χ2v) is 22.0. The molecule has 0 amide bonds. The van der Waals surface area contributed by atoms with E-state index in [1.807, 2.05) is 0 Å². The Morgan fingerprint density at radius 1 is 1.26 bits per heavy atom. The molecule has 0 aliphatic rings. The van der Waals surface area contributed by atoms with Gasteiger partial charge in [-0.1, -0.05) is 39.2 Å². The quantitative estimate of drug-likeness (QED) is 0.320. The number of carbonyl (C=O) groups is 1. The van der Waals surface area contributed by atoms with E-state index in [1.165, 1.54) is 0 Å². The number of hydrogen-bond acceptors (Lipinski definition) is 5. The molecule has 0 aliphatic heterocycles. The van der Waals surface area contributed by atoms with Crippen molar-refractivity contribution in [2.75, 3.05) is 13.2 Å². The number of carboxylic acid groups (broad SMARTS) is 1. The van der Waals surface area contributed by atoms with Crippen LogP contribution in [0.4, 0.5) is 0 Å². The van der Waals surface area contributed by atoms with Gasteiger partial charge >= 0.3 is 5.97 Å². The molecule has 0 aliphatic carbocycles. The van der Waals surface area contributed by atoms with E-state index >= 15 is 0 Å². The van der Waals surface area contributed by atoms with Crippen molar-refractivity contribution in [2.24, 2.45) is 0 Å². The molecule has 0 aromatic heterocycles. The number of aliphatic hydroxyl groups is 2. The van der Waals surface area contributed by atoms with Crippen molar-refractivity contribution in [1.82, 2.24) is 0 Å². The molecule has 0 aromatic rings. The molecule has 3 unspecified atom stereocenters. The van der Waals surface area contributed by atoms with Crippen LogP contribution in [0.2, 0.25) is 51.9 Å². The fourth-order valence-corrected chi connectivity index (χ4v) is 10.6. The number of aliphatic hydroxyl groups excluding tert-OH is 2. The minimum Gasteiger partial charge on any atom is -0.478 e. The van der Waals surface area contributed by atoms with Gasteiger partial charge in [0.1, 0.15) is 11.3 Å². The fraction of sp³-hybridized carbons (Fsp3) is 0.833. The molecule has 6 nitrogen and oxygen atoms in total. The average molecular weight is 439 g/mol. The Labute approximate surface area is 169 Å². The molecular weight excluding hydrogens is 396 g/mol. The maximum absolute atomic E-state index is 10.6. The smallest absolute Gasteiger partial charge is 0.327 e. The molecular formula is C18H42O6Si3. The number of rotatable bonds is 12. The van der Waals surface area contributed by atoms with Crippen molar-refractivity contribution in [3.8, 4) is 0 Å². The highest BCUT2D eigenvalue weighted by molar-refractivity contribution is 6.78. The van der Waals surface area contributed by atoms with Gasteiger partial charge in [-0.05, 0) is 39.0 Å². The summed E-state index contributed by atoms with van der Waals surface area (Å²) in [5.74, 6) is -0.981. The third-order valence-corrected chi connectivity index (χ3v) is 12.2. The highest BCUT2D eigenvalue weighted by atomic mass is 28.4. The third kappa shape index (κ3) is 13.5. The number of carboxylic acids is 1. The van der Waals surface area contributed by atoms with E-state index in [0.29, 0.717) is 6.61 Å². The first-order valence-electron chi connectivity index (χ1n) is 9.61. The zero-order valence-electron chi connectivity index (χ0n) is 18.5. The molecule has 27 heavy (non-hydrogen) atoms. The van der Waals surface area contributed by atoms with Gasteiger partial charge in [0.05, 0.1) is 6.61 Å². The Bertz CT molecular complexity index is 434. The van der Waals surface area contributed by atoms with Crippen molar-refractivity contribution >= 4 is 31.4 Å². The summed E-state index contributed by atoms with van der Waals surface area (Å²) in [5.41, 5.74) is 0. The lowest BCUT2D eigenvalue weighted by atomic mass is 10.1. The summed E-state index contributed by atoms with van der Waals surface area (Å²) in [7, 11) is -4.79. The SMILES string of the molecule is C=CC(=O)O.CCCOC(CC[Si](C)(C)C)(C(O)CO)[SiH](C)O[Si](C)(C)C. The summed E-state index contributed by atoms with van der Waals surface area (Å²) >= 11 is 0. The Morgan fingerprint density at radius 2 is 1.74 bits per heavy atom. The van der Waals surface area contributed by atoms with E-state index in [1.54, 1.807) is 0 Å². The van der Waals surface area contributed by atoms with Crippen molar-refractivity contribution < 1.29 is 29.0 Å². The maximum atomic E-state index is 10.6. The van der Waals surface area contributed by atoms with Gasteiger partial charge < -0.3 is 24.2 Å². The zero-order valence-corrected chi connectivity index (χ0v) is 21.7. The van der Waals surface area contributed by atoms with Crippen LogP contribution in [0, 0.1) is 0 Å². The summed E-state index contributed by atoms with van der Waals surface area (Å²) in [4.78, 5) is 9.25. The number of ether oxygens (including phenoxy) is 1. The fourth-order valence-electron chi connectivity index (χ4n) is 2.57. The van der Waals surface area contributed by atoms with Crippen LogP contribution in [0.25, 0.3) is 0 Å². The van der Waals surface area contributed by atoms with Gasteiger partial charge in [-0.25, -0.2) is 4.79 Å². The normalized spacial score (nSPS) is 16.5. The molecule has 0 radical (unpaired) electrons. The van der Waals surface area contributed by atoms with Crippen LogP contribution in [-0.2, 0) is 13.6 Å². The lowest BCUT2D eigenvalue weighted by Crippen LogP contribution is -2.61. The molecule has 0 spiro atoms. The number of hydrogen-bond donors (Lipinski definition) is 3. The van der Waals surface area contributed by atoms with E-state index in [9.17, 15) is 15.0 Å². The van der Waals surface area contributed by atoms with Gasteiger partial charge in [0, 0.05) is 20.8 Å². The predicted octanol–water partition coefficient (Wildman–Crippen LogP) is 3.23. The van der Waals surface area contributed by atoms with E-state index < -0.39 is 42.7 Å². The van der Waals surface area contributed by atoms with Crippen LogP contribution in [0.15, 0.2) is 12.7 Å². The Morgan fingerprint density at radius 3 is 2.04 bits per heavy atom. The molecule has 0 saturated carbocycles. The molecule has 0 saturated heterocycles. The topological polar surface area (TPSA) is 96.2 Å². The maximum Gasteiger partial charge on any atom is 0.327 e. The highest BCUT2D eigenvalue weighted by Crippen LogP contribution is 2.32. The van der Waals surface area contributed by atoms with Crippen molar-refractivity contribution in [3.63, 3.8) is 0 Å². The lowest BCUT2D eigenvalue weighted by molar-refractivity contribution is -0.131. The van der Waals surface area contributed by atoms with Gasteiger partial charge in [-0.3, -0.25) is 0 Å². The molecule has 0 rings (SSSR count). The summed E-state index contributed by atoms with van der Waals surface area (Å²) in [6.45, 7) is 21.0. The van der Waals surface area contributed by atoms with E-state index in [-0.39, 0.29) is 6.61 Å². The third-order valence-electron chi connectivity index (χ3n) is 3.97. The zero-order chi connectivity index (χ0) is 21.9. The minimum absolute atomic E-state index is 0.262. The van der Waals surface area contributed by atoms with Crippen LogP contribution < -0.4 is 0 Å². The van der Waals surface area contributed by atoms with Crippen LogP contribution in [0.3, 0.4) is 0 Å². The van der Waals surface area contributed by atoms with Gasteiger partial charge in [0.25, 0.3) is 0 Å². The first-order chi connectivity index (χ1) is 12.1. The first-order valence-corrected chi connectivity index (χ1v) is 18.9. The largest absolute Gasteiger partial charge is 0.478 e. The molecule has 0 fully saturated rings. The molecule has 0 aromatic carbocycles. The summed E-state index contributed by atoms with van der Waals surface area (Å²) in [6, 6.07) is 1.07. The Kier molecular flexibility index (Phi) is 13.9. The van der Waals surface area contributed by atoms with Gasteiger partial charge in [-0.2, -0.15) is 0 Å². The highest BCUT2D eigenvalue weighted by Gasteiger charge is 2.47. The second-order valence-electron chi connectivity index (χ2n) is 8.98. The van der Waals surface area contributed by atoms with E-state index in [0.717, 1.165) is 25.0 Å². The van der Waals surface area contributed by atoms with E-state index in [4.69, 9.17) is 14.0 Å². The average Bonchev–Trinajstić information content (AvgIpc) is 2.52. The van der Waals surface area contributed by atoms with Gasteiger partial charge in [-0.15, -0.1) is 0 Å². The summed E-state index contributed by atoms with van der Waals surface area (Å²) in [6.07, 6.45) is 1.68. The summed E-state index contributed by atoms with van der Waals surface area (Å²) in [5, 5.41) is 27.1.